The molecule has 0 radical (unpaired) electrons. The molecule has 0 amide bonds. The van der Waals surface area contributed by atoms with Gasteiger partial charge < -0.3 is 9.84 Å². The van der Waals surface area contributed by atoms with Crippen molar-refractivity contribution in [3.05, 3.63) is 59.3 Å². The predicted octanol–water partition coefficient (Wildman–Crippen LogP) is 5.48. The highest BCUT2D eigenvalue weighted by atomic mass is 16.5. The number of carboxylic acids is 1. The molecule has 2 aromatic carbocycles. The van der Waals surface area contributed by atoms with Crippen molar-refractivity contribution >= 4 is 16.9 Å². The van der Waals surface area contributed by atoms with Gasteiger partial charge in [0.2, 0.25) is 0 Å². The summed E-state index contributed by atoms with van der Waals surface area (Å²) >= 11 is 0. The number of ether oxygens (including phenoxy) is 1. The molecule has 0 aliphatic heterocycles. The average molecular weight is 405 g/mol. The van der Waals surface area contributed by atoms with Crippen LogP contribution in [-0.4, -0.2) is 21.3 Å². The highest BCUT2D eigenvalue weighted by Crippen LogP contribution is 2.30. The number of fused-ring (bicyclic) bond motifs is 1. The Bertz CT molecular complexity index is 1070. The van der Waals surface area contributed by atoms with Gasteiger partial charge in [-0.3, -0.25) is 9.89 Å². The molecule has 2 atom stereocenters. The van der Waals surface area contributed by atoms with Gasteiger partial charge in [0.15, 0.2) is 0 Å². The van der Waals surface area contributed by atoms with E-state index in [0.29, 0.717) is 5.92 Å². The first-order chi connectivity index (χ1) is 14.4. The minimum absolute atomic E-state index is 0.0159. The quantitative estimate of drug-likeness (QED) is 0.487. The first-order valence-electron chi connectivity index (χ1n) is 10.3. The molecule has 0 saturated carbocycles. The molecule has 5 heteroatoms. The number of aromatic amines is 1. The third kappa shape index (κ3) is 5.01. The molecule has 0 saturated heterocycles. The fourth-order valence-corrected chi connectivity index (χ4v) is 3.65. The highest BCUT2D eigenvalue weighted by molar-refractivity contribution is 5.84. The van der Waals surface area contributed by atoms with Crippen LogP contribution in [0.3, 0.4) is 0 Å². The van der Waals surface area contributed by atoms with Gasteiger partial charge in [0.05, 0.1) is 23.5 Å². The maximum atomic E-state index is 11.1. The Morgan fingerprint density at radius 1 is 1.17 bits per heavy atom. The number of hydrogen-bond acceptors (Lipinski definition) is 3. The highest BCUT2D eigenvalue weighted by Gasteiger charge is 2.17. The van der Waals surface area contributed by atoms with Crippen LogP contribution in [0.5, 0.6) is 5.75 Å². The zero-order chi connectivity index (χ0) is 21.7. The van der Waals surface area contributed by atoms with Crippen LogP contribution in [0, 0.1) is 17.8 Å². The summed E-state index contributed by atoms with van der Waals surface area (Å²) in [6.07, 6.45) is 0.744. The summed E-state index contributed by atoms with van der Waals surface area (Å²) in [7, 11) is 0. The van der Waals surface area contributed by atoms with Crippen LogP contribution in [0.2, 0.25) is 0 Å². The lowest BCUT2D eigenvalue weighted by atomic mass is 9.96. The smallest absolute Gasteiger partial charge is 0.304 e. The van der Waals surface area contributed by atoms with Crippen molar-refractivity contribution in [3.8, 4) is 17.6 Å². The lowest BCUT2D eigenvalue weighted by molar-refractivity contribution is -0.137. The van der Waals surface area contributed by atoms with Crippen molar-refractivity contribution in [2.75, 3.05) is 0 Å². The molecule has 1 heterocycles. The second-order valence-corrected chi connectivity index (χ2v) is 7.91. The minimum atomic E-state index is -0.860. The van der Waals surface area contributed by atoms with Crippen LogP contribution in [-0.2, 0) is 11.2 Å². The number of rotatable bonds is 8. The summed E-state index contributed by atoms with van der Waals surface area (Å²) in [6.45, 7) is 8.11. The summed E-state index contributed by atoms with van der Waals surface area (Å²) < 4.78 is 6.17. The zero-order valence-electron chi connectivity index (χ0n) is 17.9. The Morgan fingerprint density at radius 3 is 2.53 bits per heavy atom. The summed E-state index contributed by atoms with van der Waals surface area (Å²) in [4.78, 5) is 11.1. The number of nitrogens with zero attached hydrogens (tertiary/aromatic N) is 1. The molecule has 1 aromatic heterocycles. The molecule has 0 fully saturated rings. The van der Waals surface area contributed by atoms with E-state index in [1.54, 1.807) is 6.92 Å². The Hall–Kier alpha value is -3.26. The monoisotopic (exact) mass is 404 g/mol. The normalized spacial score (nSPS) is 13.0. The van der Waals surface area contributed by atoms with E-state index in [4.69, 9.17) is 9.84 Å². The third-order valence-corrected chi connectivity index (χ3v) is 5.04. The molecular weight excluding hydrogens is 376 g/mol. The van der Waals surface area contributed by atoms with Crippen LogP contribution in [0.25, 0.3) is 10.9 Å². The Balaban J connectivity index is 1.79. The average Bonchev–Trinajstić information content (AvgIpc) is 3.10. The van der Waals surface area contributed by atoms with Crippen LogP contribution in [0.4, 0.5) is 0 Å². The third-order valence-electron chi connectivity index (χ3n) is 5.04. The fourth-order valence-electron chi connectivity index (χ4n) is 3.65. The molecule has 156 valence electrons. The second-order valence-electron chi connectivity index (χ2n) is 7.91. The van der Waals surface area contributed by atoms with Gasteiger partial charge in [0.25, 0.3) is 0 Å². The number of nitrogens with one attached hydrogen (secondary N) is 1. The Morgan fingerprint density at radius 2 is 1.90 bits per heavy atom. The van der Waals surface area contributed by atoms with Gasteiger partial charge in [-0.1, -0.05) is 50.1 Å². The topological polar surface area (TPSA) is 75.2 Å². The standard InChI is InChI=1S/C25H28N2O3/c1-5-7-19(15-24(28)29)18-10-12-20(13-11-18)30-17(4)21-8-6-9-22-23(14-16(2)3)26-27-25(21)22/h6,8-13,16-17,19H,14-15H2,1-4H3,(H,26,27)(H,28,29). The molecule has 0 bridgehead atoms. The molecule has 2 N–H and O–H groups in total. The van der Waals surface area contributed by atoms with Crippen molar-refractivity contribution in [1.29, 1.82) is 0 Å². The molecule has 0 spiro atoms. The van der Waals surface area contributed by atoms with Crippen LogP contribution < -0.4 is 4.74 Å². The largest absolute Gasteiger partial charge is 0.486 e. The number of benzene rings is 2. The van der Waals surface area contributed by atoms with Gasteiger partial charge in [-0.25, -0.2) is 0 Å². The number of H-pyrrole nitrogens is 1. The summed E-state index contributed by atoms with van der Waals surface area (Å²) in [6, 6.07) is 13.7. The predicted molar refractivity (Wildman–Crippen MR) is 119 cm³/mol. The van der Waals surface area contributed by atoms with Gasteiger partial charge in [0, 0.05) is 10.9 Å². The minimum Gasteiger partial charge on any atom is -0.486 e. The van der Waals surface area contributed by atoms with Crippen molar-refractivity contribution in [2.24, 2.45) is 5.92 Å². The molecule has 30 heavy (non-hydrogen) atoms. The van der Waals surface area contributed by atoms with Crippen LogP contribution in [0.1, 0.15) is 63.0 Å². The summed E-state index contributed by atoms with van der Waals surface area (Å²) in [5.74, 6) is 5.87. The van der Waals surface area contributed by atoms with E-state index >= 15 is 0 Å². The van der Waals surface area contributed by atoms with Crippen LogP contribution in [0.15, 0.2) is 42.5 Å². The number of carboxylic acid groups (broad SMARTS) is 1. The van der Waals surface area contributed by atoms with E-state index in [1.807, 2.05) is 37.3 Å². The number of hydrogen-bond donors (Lipinski definition) is 2. The van der Waals surface area contributed by atoms with Gasteiger partial charge in [0.1, 0.15) is 11.9 Å². The molecule has 3 aromatic rings. The fraction of sp³-hybridized carbons (Fsp3) is 0.360. The van der Waals surface area contributed by atoms with Gasteiger partial charge in [-0.15, -0.1) is 5.92 Å². The van der Waals surface area contributed by atoms with Crippen molar-refractivity contribution < 1.29 is 14.6 Å². The lowest BCUT2D eigenvalue weighted by Crippen LogP contribution is -2.06. The molecule has 2 unspecified atom stereocenters. The number of para-hydroxylation sites is 1. The zero-order valence-corrected chi connectivity index (χ0v) is 17.9. The SMILES string of the molecule is CC#CC(CC(=O)O)c1ccc(OC(C)c2cccc3c(CC(C)C)n[nH]c23)cc1. The van der Waals surface area contributed by atoms with E-state index < -0.39 is 5.97 Å². The van der Waals surface area contributed by atoms with Crippen molar-refractivity contribution in [2.45, 2.75) is 52.6 Å². The lowest BCUT2D eigenvalue weighted by Gasteiger charge is -2.17. The van der Waals surface area contributed by atoms with Gasteiger partial charge in [-0.2, -0.15) is 5.10 Å². The van der Waals surface area contributed by atoms with Crippen molar-refractivity contribution in [3.63, 3.8) is 0 Å². The van der Waals surface area contributed by atoms with Gasteiger partial charge >= 0.3 is 5.97 Å². The van der Waals surface area contributed by atoms with Gasteiger partial charge in [-0.05, 0) is 43.9 Å². The first kappa shape index (κ1) is 21.4. The maximum absolute atomic E-state index is 11.1. The van der Waals surface area contributed by atoms with E-state index in [2.05, 4.69) is 48.0 Å². The summed E-state index contributed by atoms with van der Waals surface area (Å²) in [5.41, 5.74) is 4.03. The van der Waals surface area contributed by atoms with Crippen LogP contribution >= 0.6 is 0 Å². The molecule has 0 aliphatic rings. The molecule has 3 rings (SSSR count). The number of aromatic nitrogens is 2. The maximum Gasteiger partial charge on any atom is 0.304 e. The Labute approximate surface area is 177 Å². The Kier molecular flexibility index (Phi) is 6.79. The molecule has 5 nitrogen and oxygen atoms in total. The van der Waals surface area contributed by atoms with E-state index in [9.17, 15) is 4.79 Å². The van der Waals surface area contributed by atoms with E-state index in [0.717, 1.165) is 39.9 Å². The van der Waals surface area contributed by atoms with Crippen molar-refractivity contribution in [1.82, 2.24) is 10.2 Å². The molecule has 0 aliphatic carbocycles. The second kappa shape index (κ2) is 9.49. The van der Waals surface area contributed by atoms with E-state index in [-0.39, 0.29) is 18.4 Å². The summed E-state index contributed by atoms with van der Waals surface area (Å²) in [5, 5.41) is 17.9. The van der Waals surface area contributed by atoms with E-state index in [1.165, 1.54) is 0 Å². The number of aliphatic carboxylic acids is 1. The first-order valence-corrected chi connectivity index (χ1v) is 10.3. The number of carbonyl (C=O) groups is 1. The molecular formula is C25H28N2O3.